The highest BCUT2D eigenvalue weighted by Crippen LogP contribution is 2.22. The minimum atomic E-state index is -4.08. The molecule has 0 bridgehead atoms. The van der Waals surface area contributed by atoms with Crippen molar-refractivity contribution in [1.29, 1.82) is 0 Å². The molecular weight excluding hydrogens is 263 g/mol. The minimum Gasteiger partial charge on any atom is -0.388 e. The van der Waals surface area contributed by atoms with E-state index in [9.17, 15) is 13.2 Å². The van der Waals surface area contributed by atoms with Crippen LogP contribution in [0.1, 0.15) is 25.0 Å². The summed E-state index contributed by atoms with van der Waals surface area (Å²) in [5, 5.41) is 2.93. The van der Waals surface area contributed by atoms with E-state index in [1.54, 1.807) is 18.2 Å². The summed E-state index contributed by atoms with van der Waals surface area (Å²) in [5.41, 5.74) is 5.91. The van der Waals surface area contributed by atoms with Gasteiger partial charge in [0.1, 0.15) is 10.8 Å². The van der Waals surface area contributed by atoms with Crippen LogP contribution in [0.5, 0.6) is 0 Å². The van der Waals surface area contributed by atoms with E-state index in [-0.39, 0.29) is 11.4 Å². The molecule has 1 heterocycles. The number of pyridine rings is 1. The van der Waals surface area contributed by atoms with Crippen LogP contribution in [0.4, 0.5) is 19.0 Å². The van der Waals surface area contributed by atoms with Crippen LogP contribution in [-0.2, 0) is 0 Å². The molecule has 0 aromatic carbocycles. The summed E-state index contributed by atoms with van der Waals surface area (Å²) in [6.07, 6.45) is -4.30. The monoisotopic (exact) mass is 277 g/mol. The minimum absolute atomic E-state index is 0.103. The molecule has 0 saturated carbocycles. The van der Waals surface area contributed by atoms with Crippen LogP contribution in [0.3, 0.4) is 0 Å². The fourth-order valence-electron chi connectivity index (χ4n) is 1.34. The van der Waals surface area contributed by atoms with E-state index >= 15 is 0 Å². The van der Waals surface area contributed by atoms with Crippen molar-refractivity contribution in [1.82, 2.24) is 4.98 Å². The third-order valence-electron chi connectivity index (χ3n) is 2.19. The Morgan fingerprint density at radius 3 is 2.67 bits per heavy atom. The number of unbranched alkanes of at least 4 members (excludes halogenated alkanes) is 1. The maximum atomic E-state index is 11.9. The van der Waals surface area contributed by atoms with Crippen LogP contribution in [0, 0.1) is 0 Å². The van der Waals surface area contributed by atoms with Gasteiger partial charge in [0.15, 0.2) is 0 Å². The summed E-state index contributed by atoms with van der Waals surface area (Å²) in [4.78, 5) is 4.31. The first kappa shape index (κ1) is 14.7. The first-order chi connectivity index (χ1) is 8.38. The lowest BCUT2D eigenvalue weighted by atomic mass is 10.2. The zero-order chi connectivity index (χ0) is 13.6. The molecular formula is C11H14F3N3S. The van der Waals surface area contributed by atoms with Crippen molar-refractivity contribution >= 4 is 23.0 Å². The van der Waals surface area contributed by atoms with Crippen LogP contribution in [0.25, 0.3) is 0 Å². The quantitative estimate of drug-likeness (QED) is 0.620. The summed E-state index contributed by atoms with van der Waals surface area (Å²) in [6.45, 7) is 0.434. The number of anilines is 1. The lowest BCUT2D eigenvalue weighted by Crippen LogP contribution is -2.13. The molecule has 1 aromatic heterocycles. The molecule has 3 nitrogen and oxygen atoms in total. The number of halogens is 3. The van der Waals surface area contributed by atoms with E-state index in [2.05, 4.69) is 10.3 Å². The van der Waals surface area contributed by atoms with Gasteiger partial charge in [0, 0.05) is 13.0 Å². The van der Waals surface area contributed by atoms with Gasteiger partial charge in [-0.15, -0.1) is 0 Å². The lowest BCUT2D eigenvalue weighted by Gasteiger charge is -2.08. The average Bonchev–Trinajstić information content (AvgIpc) is 2.27. The fraction of sp³-hybridized carbons (Fsp3) is 0.455. The molecule has 0 aliphatic heterocycles. The summed E-state index contributed by atoms with van der Waals surface area (Å²) < 4.78 is 35.7. The molecule has 0 radical (unpaired) electrons. The Balaban J connectivity index is 2.31. The predicted molar refractivity (Wildman–Crippen MR) is 68.5 cm³/mol. The van der Waals surface area contributed by atoms with Gasteiger partial charge in [0.2, 0.25) is 0 Å². The maximum Gasteiger partial charge on any atom is 0.389 e. The molecule has 1 rings (SSSR count). The molecule has 18 heavy (non-hydrogen) atoms. The number of nitrogens with two attached hydrogens (primary N) is 1. The fourth-order valence-corrected chi connectivity index (χ4v) is 1.45. The highest BCUT2D eigenvalue weighted by Gasteiger charge is 2.25. The standard InChI is InChI=1S/C11H14F3N3S/c12-11(13,14)6-1-2-7-16-9-5-3-4-8(17-9)10(15)18/h3-5H,1-2,6-7H2,(H2,15,18)(H,16,17). The van der Waals surface area contributed by atoms with Gasteiger partial charge in [0.05, 0.1) is 5.69 Å². The van der Waals surface area contributed by atoms with Crippen molar-refractivity contribution in [2.45, 2.75) is 25.4 Å². The largest absolute Gasteiger partial charge is 0.389 e. The number of nitrogens with zero attached hydrogens (tertiary/aromatic N) is 1. The van der Waals surface area contributed by atoms with Gasteiger partial charge in [0.25, 0.3) is 0 Å². The normalized spacial score (nSPS) is 11.3. The van der Waals surface area contributed by atoms with Gasteiger partial charge in [-0.2, -0.15) is 13.2 Å². The molecule has 0 amide bonds. The van der Waals surface area contributed by atoms with E-state index in [1.807, 2.05) is 0 Å². The zero-order valence-corrected chi connectivity index (χ0v) is 10.4. The molecule has 1 aromatic rings. The average molecular weight is 277 g/mol. The van der Waals surface area contributed by atoms with Crippen molar-refractivity contribution < 1.29 is 13.2 Å². The number of hydrogen-bond acceptors (Lipinski definition) is 3. The molecule has 0 fully saturated rings. The van der Waals surface area contributed by atoms with Crippen LogP contribution >= 0.6 is 12.2 Å². The molecule has 0 unspecified atom stereocenters. The Labute approximate surface area is 109 Å². The Bertz CT molecular complexity index is 407. The smallest absolute Gasteiger partial charge is 0.388 e. The van der Waals surface area contributed by atoms with E-state index in [0.717, 1.165) is 0 Å². The van der Waals surface area contributed by atoms with Crippen molar-refractivity contribution in [3.63, 3.8) is 0 Å². The second-order valence-corrected chi connectivity index (χ2v) is 4.21. The van der Waals surface area contributed by atoms with Gasteiger partial charge >= 0.3 is 6.18 Å². The van der Waals surface area contributed by atoms with E-state index < -0.39 is 12.6 Å². The Morgan fingerprint density at radius 1 is 1.33 bits per heavy atom. The second-order valence-electron chi connectivity index (χ2n) is 3.77. The van der Waals surface area contributed by atoms with E-state index in [1.165, 1.54) is 0 Å². The van der Waals surface area contributed by atoms with Gasteiger partial charge in [-0.25, -0.2) is 4.98 Å². The Morgan fingerprint density at radius 2 is 2.06 bits per heavy atom. The highest BCUT2D eigenvalue weighted by atomic mass is 32.1. The summed E-state index contributed by atoms with van der Waals surface area (Å²) in [7, 11) is 0. The first-order valence-corrected chi connectivity index (χ1v) is 5.87. The van der Waals surface area contributed by atoms with Gasteiger partial charge in [-0.3, -0.25) is 0 Å². The maximum absolute atomic E-state index is 11.9. The Hall–Kier alpha value is -1.37. The molecule has 0 aliphatic carbocycles. The molecule has 0 spiro atoms. The third-order valence-corrected chi connectivity index (χ3v) is 2.40. The summed E-state index contributed by atoms with van der Waals surface area (Å²) >= 11 is 4.78. The van der Waals surface area contributed by atoms with Crippen LogP contribution in [0.2, 0.25) is 0 Å². The van der Waals surface area contributed by atoms with Crippen molar-refractivity contribution in [2.75, 3.05) is 11.9 Å². The number of nitrogens with one attached hydrogen (secondary N) is 1. The number of aromatic nitrogens is 1. The van der Waals surface area contributed by atoms with Crippen molar-refractivity contribution in [3.05, 3.63) is 23.9 Å². The first-order valence-electron chi connectivity index (χ1n) is 5.46. The predicted octanol–water partition coefficient (Wildman–Crippen LogP) is 2.86. The van der Waals surface area contributed by atoms with Gasteiger partial charge < -0.3 is 11.1 Å². The van der Waals surface area contributed by atoms with Crippen LogP contribution in [-0.4, -0.2) is 22.7 Å². The van der Waals surface area contributed by atoms with Gasteiger partial charge in [-0.1, -0.05) is 18.3 Å². The summed E-state index contributed by atoms with van der Waals surface area (Å²) in [6, 6.07) is 5.13. The molecule has 7 heteroatoms. The highest BCUT2D eigenvalue weighted by molar-refractivity contribution is 7.80. The number of rotatable bonds is 6. The molecule has 100 valence electrons. The second kappa shape index (κ2) is 6.53. The zero-order valence-electron chi connectivity index (χ0n) is 9.63. The van der Waals surface area contributed by atoms with E-state index in [0.29, 0.717) is 24.5 Å². The van der Waals surface area contributed by atoms with Crippen molar-refractivity contribution in [3.8, 4) is 0 Å². The van der Waals surface area contributed by atoms with Crippen LogP contribution < -0.4 is 11.1 Å². The Kier molecular flexibility index (Phi) is 5.33. The van der Waals surface area contributed by atoms with Crippen LogP contribution in [0.15, 0.2) is 18.2 Å². The number of hydrogen-bond donors (Lipinski definition) is 2. The van der Waals surface area contributed by atoms with Gasteiger partial charge in [-0.05, 0) is 25.0 Å². The number of alkyl halides is 3. The van der Waals surface area contributed by atoms with Crippen molar-refractivity contribution in [2.24, 2.45) is 5.73 Å². The lowest BCUT2D eigenvalue weighted by molar-refractivity contribution is -0.135. The summed E-state index contributed by atoms with van der Waals surface area (Å²) in [5.74, 6) is 0.562. The topological polar surface area (TPSA) is 50.9 Å². The molecule has 0 saturated heterocycles. The molecule has 3 N–H and O–H groups in total. The van der Waals surface area contributed by atoms with E-state index in [4.69, 9.17) is 18.0 Å². The molecule has 0 aliphatic rings. The number of thiocarbonyl (C=S) groups is 1. The molecule has 0 atom stereocenters. The third kappa shape index (κ3) is 5.81. The SMILES string of the molecule is NC(=S)c1cccc(NCCCCC(F)(F)F)n1.